The van der Waals surface area contributed by atoms with Gasteiger partial charge >= 0.3 is 0 Å². The van der Waals surface area contributed by atoms with Crippen molar-refractivity contribution in [2.24, 2.45) is 5.92 Å². The van der Waals surface area contributed by atoms with Crippen LogP contribution in [0.4, 0.5) is 0 Å². The highest BCUT2D eigenvalue weighted by atomic mass is 16.5. The van der Waals surface area contributed by atoms with E-state index in [2.05, 4.69) is 12.2 Å². The third kappa shape index (κ3) is 4.39. The van der Waals surface area contributed by atoms with E-state index < -0.39 is 0 Å². The Morgan fingerprint density at radius 2 is 2.05 bits per heavy atom. The van der Waals surface area contributed by atoms with Gasteiger partial charge in [0.2, 0.25) is 0 Å². The average Bonchev–Trinajstić information content (AvgIpc) is 3.02. The number of nitrogens with one attached hydrogen (secondary N) is 1. The fraction of sp³-hybridized carbons (Fsp3) is 0.625. The third-order valence-electron chi connectivity index (χ3n) is 3.68. The van der Waals surface area contributed by atoms with Gasteiger partial charge in [-0.3, -0.25) is 0 Å². The summed E-state index contributed by atoms with van der Waals surface area (Å²) < 4.78 is 16.5. The molecule has 0 spiro atoms. The maximum atomic E-state index is 5.90. The van der Waals surface area contributed by atoms with Crippen LogP contribution in [0.3, 0.4) is 0 Å². The molecule has 2 atom stereocenters. The van der Waals surface area contributed by atoms with Crippen molar-refractivity contribution in [2.45, 2.75) is 25.8 Å². The zero-order valence-corrected chi connectivity index (χ0v) is 12.4. The topological polar surface area (TPSA) is 39.7 Å². The Morgan fingerprint density at radius 1 is 1.30 bits per heavy atom. The van der Waals surface area contributed by atoms with Gasteiger partial charge in [-0.2, -0.15) is 0 Å². The number of rotatable bonds is 8. The molecule has 1 aliphatic rings. The molecule has 1 N–H and O–H groups in total. The molecule has 1 heterocycles. The number of methoxy groups -OCH3 is 1. The van der Waals surface area contributed by atoms with E-state index in [4.69, 9.17) is 14.2 Å². The van der Waals surface area contributed by atoms with Crippen molar-refractivity contribution in [3.05, 3.63) is 24.3 Å². The van der Waals surface area contributed by atoms with Crippen molar-refractivity contribution in [3.8, 4) is 11.5 Å². The van der Waals surface area contributed by atoms with Gasteiger partial charge in [-0.15, -0.1) is 0 Å². The van der Waals surface area contributed by atoms with Crippen LogP contribution in [0.2, 0.25) is 0 Å². The summed E-state index contributed by atoms with van der Waals surface area (Å²) >= 11 is 0. The fourth-order valence-corrected chi connectivity index (χ4v) is 2.42. The largest absolute Gasteiger partial charge is 0.497 e. The van der Waals surface area contributed by atoms with Crippen molar-refractivity contribution in [2.75, 3.05) is 33.5 Å². The first kappa shape index (κ1) is 15.1. The molecule has 1 fully saturated rings. The van der Waals surface area contributed by atoms with Crippen LogP contribution >= 0.6 is 0 Å². The minimum absolute atomic E-state index is 0.361. The van der Waals surface area contributed by atoms with E-state index in [0.29, 0.717) is 18.6 Å². The Bertz CT molecular complexity index is 374. The second kappa shape index (κ2) is 8.12. The lowest BCUT2D eigenvalue weighted by Crippen LogP contribution is -2.41. The molecule has 1 saturated heterocycles. The first-order valence-electron chi connectivity index (χ1n) is 7.41. The molecule has 1 aliphatic heterocycles. The predicted molar refractivity (Wildman–Crippen MR) is 79.5 cm³/mol. The average molecular weight is 279 g/mol. The third-order valence-corrected chi connectivity index (χ3v) is 3.68. The summed E-state index contributed by atoms with van der Waals surface area (Å²) in [5.74, 6) is 2.29. The van der Waals surface area contributed by atoms with Gasteiger partial charge in [0.25, 0.3) is 0 Å². The second-order valence-electron chi connectivity index (χ2n) is 5.17. The lowest BCUT2D eigenvalue weighted by Gasteiger charge is -2.24. The van der Waals surface area contributed by atoms with Crippen LogP contribution in [0, 0.1) is 5.92 Å². The van der Waals surface area contributed by atoms with Crippen molar-refractivity contribution in [1.82, 2.24) is 5.32 Å². The molecule has 0 saturated carbocycles. The molecule has 112 valence electrons. The zero-order valence-electron chi connectivity index (χ0n) is 12.4. The minimum atomic E-state index is 0.361. The monoisotopic (exact) mass is 279 g/mol. The van der Waals surface area contributed by atoms with E-state index in [-0.39, 0.29) is 0 Å². The molecule has 0 amide bonds. The van der Waals surface area contributed by atoms with Gasteiger partial charge in [-0.05, 0) is 43.7 Å². The van der Waals surface area contributed by atoms with Crippen molar-refractivity contribution in [3.63, 3.8) is 0 Å². The first-order chi connectivity index (χ1) is 9.83. The molecular weight excluding hydrogens is 254 g/mol. The highest BCUT2D eigenvalue weighted by molar-refractivity contribution is 5.31. The second-order valence-corrected chi connectivity index (χ2v) is 5.17. The molecule has 2 unspecified atom stereocenters. The Hall–Kier alpha value is -1.26. The predicted octanol–water partition coefficient (Wildman–Crippen LogP) is 2.48. The van der Waals surface area contributed by atoms with Gasteiger partial charge in [0.15, 0.2) is 0 Å². The van der Waals surface area contributed by atoms with Gasteiger partial charge < -0.3 is 19.5 Å². The quantitative estimate of drug-likeness (QED) is 0.793. The van der Waals surface area contributed by atoms with Gasteiger partial charge in [0, 0.05) is 18.6 Å². The normalized spacial score (nSPS) is 19.8. The van der Waals surface area contributed by atoms with E-state index in [1.54, 1.807) is 7.11 Å². The molecule has 1 aromatic carbocycles. The molecule has 0 radical (unpaired) electrons. The molecule has 2 rings (SSSR count). The molecule has 0 aliphatic carbocycles. The van der Waals surface area contributed by atoms with Crippen LogP contribution in [0.1, 0.15) is 19.8 Å². The molecule has 1 aromatic rings. The number of benzene rings is 1. The standard InChI is InChI=1S/C16H25NO3/c1-3-9-17-16(13-8-10-19-11-13)12-20-15-6-4-14(18-2)5-7-15/h4-7,13,16-17H,3,8-12H2,1-2H3. The number of ether oxygens (including phenoxy) is 3. The molecular formula is C16H25NO3. The van der Waals surface area contributed by atoms with Gasteiger partial charge in [-0.25, -0.2) is 0 Å². The maximum absolute atomic E-state index is 5.90. The summed E-state index contributed by atoms with van der Waals surface area (Å²) in [7, 11) is 1.67. The van der Waals surface area contributed by atoms with Crippen LogP contribution in [0.5, 0.6) is 11.5 Å². The Kier molecular flexibility index (Phi) is 6.15. The number of hydrogen-bond acceptors (Lipinski definition) is 4. The smallest absolute Gasteiger partial charge is 0.119 e. The van der Waals surface area contributed by atoms with Crippen molar-refractivity contribution < 1.29 is 14.2 Å². The lowest BCUT2D eigenvalue weighted by molar-refractivity contribution is 0.160. The summed E-state index contributed by atoms with van der Waals surface area (Å²) in [6.07, 6.45) is 2.25. The highest BCUT2D eigenvalue weighted by Gasteiger charge is 2.25. The lowest BCUT2D eigenvalue weighted by atomic mass is 9.99. The molecule has 20 heavy (non-hydrogen) atoms. The van der Waals surface area contributed by atoms with E-state index in [9.17, 15) is 0 Å². The summed E-state index contributed by atoms with van der Waals surface area (Å²) in [5.41, 5.74) is 0. The number of hydrogen-bond donors (Lipinski definition) is 1. The summed E-state index contributed by atoms with van der Waals surface area (Å²) in [6.45, 7) is 5.60. The van der Waals surface area contributed by atoms with Crippen LogP contribution in [-0.2, 0) is 4.74 Å². The van der Waals surface area contributed by atoms with E-state index >= 15 is 0 Å². The molecule has 4 heteroatoms. The minimum Gasteiger partial charge on any atom is -0.497 e. The van der Waals surface area contributed by atoms with Crippen LogP contribution < -0.4 is 14.8 Å². The van der Waals surface area contributed by atoms with Crippen LogP contribution in [0.25, 0.3) is 0 Å². The summed E-state index contributed by atoms with van der Waals surface area (Å²) in [6, 6.07) is 8.09. The zero-order chi connectivity index (χ0) is 14.2. The highest BCUT2D eigenvalue weighted by Crippen LogP contribution is 2.20. The van der Waals surface area contributed by atoms with Crippen molar-refractivity contribution in [1.29, 1.82) is 0 Å². The van der Waals surface area contributed by atoms with Gasteiger partial charge in [-0.1, -0.05) is 6.92 Å². The van der Waals surface area contributed by atoms with E-state index in [0.717, 1.165) is 44.1 Å². The first-order valence-corrected chi connectivity index (χ1v) is 7.41. The Labute approximate surface area is 121 Å². The van der Waals surface area contributed by atoms with Crippen LogP contribution in [0.15, 0.2) is 24.3 Å². The molecule has 0 aromatic heterocycles. The SMILES string of the molecule is CCCNC(COc1ccc(OC)cc1)C1CCOC1. The Balaban J connectivity index is 1.86. The summed E-state index contributed by atoms with van der Waals surface area (Å²) in [4.78, 5) is 0. The Morgan fingerprint density at radius 3 is 2.65 bits per heavy atom. The molecule has 0 bridgehead atoms. The van der Waals surface area contributed by atoms with Gasteiger partial charge in [0.05, 0.1) is 13.7 Å². The van der Waals surface area contributed by atoms with Crippen LogP contribution in [-0.4, -0.2) is 39.5 Å². The van der Waals surface area contributed by atoms with Gasteiger partial charge in [0.1, 0.15) is 18.1 Å². The maximum Gasteiger partial charge on any atom is 0.119 e. The van der Waals surface area contributed by atoms with E-state index in [1.807, 2.05) is 24.3 Å². The fourth-order valence-electron chi connectivity index (χ4n) is 2.42. The molecule has 4 nitrogen and oxygen atoms in total. The van der Waals surface area contributed by atoms with E-state index in [1.165, 1.54) is 0 Å². The summed E-state index contributed by atoms with van der Waals surface area (Å²) in [5, 5.41) is 3.57. The van der Waals surface area contributed by atoms with Crippen molar-refractivity contribution >= 4 is 0 Å².